The molecule has 0 unspecified atom stereocenters. The highest BCUT2D eigenvalue weighted by atomic mass is 19.1. The number of hydrogen-bond acceptors (Lipinski definition) is 3. The first kappa shape index (κ1) is 13.4. The van der Waals surface area contributed by atoms with Gasteiger partial charge in [-0.2, -0.15) is 0 Å². The lowest BCUT2D eigenvalue weighted by molar-refractivity contribution is 0.0692. The molecule has 0 aliphatic rings. The summed E-state index contributed by atoms with van der Waals surface area (Å²) in [6, 6.07) is 3.98. The highest BCUT2D eigenvalue weighted by Gasteiger charge is 2.17. The molecule has 0 bridgehead atoms. The van der Waals surface area contributed by atoms with Crippen LogP contribution < -0.4 is 10.1 Å². The van der Waals surface area contributed by atoms with Crippen LogP contribution in [0.4, 0.5) is 4.39 Å². The second-order valence-corrected chi connectivity index (χ2v) is 4.34. The molecule has 0 spiro atoms. The number of halogens is 1. The van der Waals surface area contributed by atoms with Crippen LogP contribution >= 0.6 is 0 Å². The van der Waals surface area contributed by atoms with Crippen LogP contribution in [0.1, 0.15) is 24.2 Å². The van der Waals surface area contributed by atoms with E-state index in [9.17, 15) is 14.3 Å². The molecule has 0 aromatic heterocycles. The maximum Gasteiger partial charge on any atom is 0.254 e. The van der Waals surface area contributed by atoms with E-state index in [0.29, 0.717) is 5.75 Å². The molecule has 0 saturated heterocycles. The van der Waals surface area contributed by atoms with E-state index in [2.05, 4.69) is 5.32 Å². The van der Waals surface area contributed by atoms with Gasteiger partial charge in [0.05, 0.1) is 18.3 Å². The van der Waals surface area contributed by atoms with Crippen molar-refractivity contribution >= 4 is 5.91 Å². The van der Waals surface area contributed by atoms with Gasteiger partial charge >= 0.3 is 0 Å². The van der Waals surface area contributed by atoms with Crippen molar-refractivity contribution in [2.45, 2.75) is 19.4 Å². The molecular formula is C12H16FNO3. The number of ether oxygens (including phenoxy) is 1. The SMILES string of the molecule is COc1ccc(C(=O)NCC(C)(C)O)c(F)c1. The van der Waals surface area contributed by atoms with Crippen LogP contribution in [0, 0.1) is 5.82 Å². The zero-order valence-electron chi connectivity index (χ0n) is 10.1. The number of nitrogens with one attached hydrogen (secondary N) is 1. The summed E-state index contributed by atoms with van der Waals surface area (Å²) in [5, 5.41) is 11.9. The number of benzene rings is 1. The van der Waals surface area contributed by atoms with Crippen LogP contribution in [0.15, 0.2) is 18.2 Å². The van der Waals surface area contributed by atoms with E-state index >= 15 is 0 Å². The van der Waals surface area contributed by atoms with Gasteiger partial charge in [-0.15, -0.1) is 0 Å². The summed E-state index contributed by atoms with van der Waals surface area (Å²) in [5.74, 6) is -0.869. The highest BCUT2D eigenvalue weighted by molar-refractivity contribution is 5.94. The van der Waals surface area contributed by atoms with E-state index in [4.69, 9.17) is 4.74 Å². The number of carbonyl (C=O) groups excluding carboxylic acids is 1. The van der Waals surface area contributed by atoms with Crippen LogP contribution in [0.3, 0.4) is 0 Å². The van der Waals surface area contributed by atoms with E-state index in [1.165, 1.54) is 19.2 Å². The molecular weight excluding hydrogens is 225 g/mol. The van der Waals surface area contributed by atoms with Gasteiger partial charge in [0.15, 0.2) is 0 Å². The van der Waals surface area contributed by atoms with Crippen molar-refractivity contribution in [3.8, 4) is 5.75 Å². The van der Waals surface area contributed by atoms with Gasteiger partial charge in [-0.25, -0.2) is 4.39 Å². The normalized spacial score (nSPS) is 11.1. The summed E-state index contributed by atoms with van der Waals surface area (Å²) in [6.07, 6.45) is 0. The van der Waals surface area contributed by atoms with Gasteiger partial charge in [0, 0.05) is 12.6 Å². The predicted molar refractivity (Wildman–Crippen MR) is 61.6 cm³/mol. The number of amides is 1. The minimum atomic E-state index is -1.03. The molecule has 2 N–H and O–H groups in total. The Bertz CT molecular complexity index is 413. The lowest BCUT2D eigenvalue weighted by Crippen LogP contribution is -2.38. The Morgan fingerprint density at radius 2 is 2.18 bits per heavy atom. The summed E-state index contributed by atoms with van der Waals surface area (Å²) in [6.45, 7) is 3.16. The molecule has 0 fully saturated rings. The number of methoxy groups -OCH3 is 1. The molecule has 1 aromatic rings. The molecule has 0 heterocycles. The number of rotatable bonds is 4. The smallest absolute Gasteiger partial charge is 0.254 e. The monoisotopic (exact) mass is 241 g/mol. The third-order valence-electron chi connectivity index (χ3n) is 2.10. The molecule has 0 atom stereocenters. The zero-order chi connectivity index (χ0) is 13.1. The van der Waals surface area contributed by atoms with Gasteiger partial charge in [-0.1, -0.05) is 0 Å². The Morgan fingerprint density at radius 1 is 1.53 bits per heavy atom. The summed E-state index contributed by atoms with van der Waals surface area (Å²) in [7, 11) is 1.42. The lowest BCUT2D eigenvalue weighted by atomic mass is 10.1. The van der Waals surface area contributed by atoms with Gasteiger partial charge in [0.25, 0.3) is 5.91 Å². The Labute approximate surface area is 99.4 Å². The number of aliphatic hydroxyl groups is 1. The summed E-state index contributed by atoms with van der Waals surface area (Å²) in [4.78, 5) is 11.6. The average Bonchev–Trinajstić information content (AvgIpc) is 2.24. The topological polar surface area (TPSA) is 58.6 Å². The van der Waals surface area contributed by atoms with Gasteiger partial charge in [0.1, 0.15) is 11.6 Å². The molecule has 1 amide bonds. The molecule has 0 radical (unpaired) electrons. The fraction of sp³-hybridized carbons (Fsp3) is 0.417. The van der Waals surface area contributed by atoms with Crippen LogP contribution in [0.25, 0.3) is 0 Å². The Morgan fingerprint density at radius 3 is 2.65 bits per heavy atom. The quantitative estimate of drug-likeness (QED) is 0.836. The maximum absolute atomic E-state index is 13.5. The van der Waals surface area contributed by atoms with Gasteiger partial charge < -0.3 is 15.2 Å². The Kier molecular flexibility index (Phi) is 4.07. The highest BCUT2D eigenvalue weighted by Crippen LogP contribution is 2.16. The van der Waals surface area contributed by atoms with Crippen molar-refractivity contribution in [3.05, 3.63) is 29.6 Å². The van der Waals surface area contributed by atoms with E-state index < -0.39 is 17.3 Å². The summed E-state index contributed by atoms with van der Waals surface area (Å²) in [5.41, 5.74) is -1.10. The Hall–Kier alpha value is -1.62. The first-order chi connectivity index (χ1) is 7.83. The van der Waals surface area contributed by atoms with Crippen molar-refractivity contribution in [1.29, 1.82) is 0 Å². The molecule has 17 heavy (non-hydrogen) atoms. The second-order valence-electron chi connectivity index (χ2n) is 4.34. The van der Waals surface area contributed by atoms with Crippen molar-refractivity contribution < 1.29 is 19.0 Å². The first-order valence-electron chi connectivity index (χ1n) is 5.17. The van der Waals surface area contributed by atoms with E-state index in [1.54, 1.807) is 13.8 Å². The standard InChI is InChI=1S/C12H16FNO3/c1-12(2,16)7-14-11(15)9-5-4-8(17-3)6-10(9)13/h4-6,16H,7H2,1-3H3,(H,14,15). The molecule has 1 rings (SSSR count). The largest absolute Gasteiger partial charge is 0.497 e. The zero-order valence-corrected chi connectivity index (χ0v) is 10.1. The van der Waals surface area contributed by atoms with Crippen LogP contribution in [-0.2, 0) is 0 Å². The molecule has 1 aromatic carbocycles. The minimum Gasteiger partial charge on any atom is -0.497 e. The minimum absolute atomic E-state index is 0.0529. The van der Waals surface area contributed by atoms with Gasteiger partial charge in [-0.05, 0) is 26.0 Å². The van der Waals surface area contributed by atoms with Crippen molar-refractivity contribution in [3.63, 3.8) is 0 Å². The summed E-state index contributed by atoms with van der Waals surface area (Å²) < 4.78 is 18.3. The molecule has 4 nitrogen and oxygen atoms in total. The van der Waals surface area contributed by atoms with Crippen molar-refractivity contribution in [2.24, 2.45) is 0 Å². The van der Waals surface area contributed by atoms with Gasteiger partial charge in [-0.3, -0.25) is 4.79 Å². The molecule has 94 valence electrons. The van der Waals surface area contributed by atoms with Crippen LogP contribution in [0.2, 0.25) is 0 Å². The molecule has 0 saturated carbocycles. The number of carbonyl (C=O) groups is 1. The predicted octanol–water partition coefficient (Wildman–Crippen LogP) is 1.33. The van der Waals surface area contributed by atoms with Crippen LogP contribution in [-0.4, -0.2) is 30.3 Å². The molecule has 5 heteroatoms. The van der Waals surface area contributed by atoms with Gasteiger partial charge in [0.2, 0.25) is 0 Å². The van der Waals surface area contributed by atoms with E-state index in [0.717, 1.165) is 6.07 Å². The average molecular weight is 241 g/mol. The molecule has 0 aliphatic heterocycles. The Balaban J connectivity index is 2.76. The lowest BCUT2D eigenvalue weighted by Gasteiger charge is -2.17. The number of hydrogen-bond donors (Lipinski definition) is 2. The fourth-order valence-corrected chi connectivity index (χ4v) is 1.20. The first-order valence-corrected chi connectivity index (χ1v) is 5.17. The third-order valence-corrected chi connectivity index (χ3v) is 2.10. The summed E-state index contributed by atoms with van der Waals surface area (Å²) >= 11 is 0. The molecule has 0 aliphatic carbocycles. The van der Waals surface area contributed by atoms with E-state index in [-0.39, 0.29) is 12.1 Å². The van der Waals surface area contributed by atoms with Crippen LogP contribution in [0.5, 0.6) is 5.75 Å². The maximum atomic E-state index is 13.5. The van der Waals surface area contributed by atoms with Crippen molar-refractivity contribution in [1.82, 2.24) is 5.32 Å². The fourth-order valence-electron chi connectivity index (χ4n) is 1.20. The van der Waals surface area contributed by atoms with E-state index in [1.807, 2.05) is 0 Å². The third kappa shape index (κ3) is 4.03. The second kappa shape index (κ2) is 5.14. The van der Waals surface area contributed by atoms with Crippen molar-refractivity contribution in [2.75, 3.05) is 13.7 Å².